The van der Waals surface area contributed by atoms with Gasteiger partial charge in [0.2, 0.25) is 23.9 Å². The largest absolute Gasteiger partial charge is 0.454 e. The summed E-state index contributed by atoms with van der Waals surface area (Å²) >= 11 is 6.10. The minimum absolute atomic E-state index is 0.00271. The fraction of sp³-hybridized carbons (Fsp3) is 0.524. The average Bonchev–Trinajstić information content (AvgIpc) is 3.28. The molecule has 1 amide bonds. The molecule has 5 rings (SSSR count). The molecule has 3 aliphatic heterocycles. The highest BCUT2D eigenvalue weighted by Gasteiger charge is 2.24. The molecule has 0 bridgehead atoms. The van der Waals surface area contributed by atoms with Crippen molar-refractivity contribution < 1.29 is 19.0 Å². The van der Waals surface area contributed by atoms with Crippen molar-refractivity contribution in [1.82, 2.24) is 24.8 Å². The quantitative estimate of drug-likeness (QED) is 0.647. The Morgan fingerprint density at radius 2 is 1.75 bits per heavy atom. The Bertz CT molecular complexity index is 979. The predicted octanol–water partition coefficient (Wildman–Crippen LogP) is 0.977. The first kappa shape index (κ1) is 21.2. The maximum absolute atomic E-state index is 12.9. The van der Waals surface area contributed by atoms with Crippen molar-refractivity contribution in [2.24, 2.45) is 0 Å². The number of benzene rings is 1. The molecule has 1 aromatic heterocycles. The number of fused-ring (bicyclic) bond motifs is 1. The van der Waals surface area contributed by atoms with E-state index in [0.29, 0.717) is 51.2 Å². The number of anilines is 1. The third-order valence-corrected chi connectivity index (χ3v) is 5.98. The van der Waals surface area contributed by atoms with Gasteiger partial charge in [-0.25, -0.2) is 4.98 Å². The molecule has 4 heterocycles. The molecule has 170 valence electrons. The van der Waals surface area contributed by atoms with Gasteiger partial charge < -0.3 is 24.0 Å². The molecule has 1 aromatic carbocycles. The Hall–Kier alpha value is -2.69. The van der Waals surface area contributed by atoms with Crippen LogP contribution in [0.25, 0.3) is 0 Å². The number of rotatable bonds is 5. The summed E-state index contributed by atoms with van der Waals surface area (Å²) in [5.41, 5.74) is 1.17. The smallest absolute Gasteiger partial charge is 0.231 e. The lowest BCUT2D eigenvalue weighted by molar-refractivity contribution is -0.132. The van der Waals surface area contributed by atoms with Crippen molar-refractivity contribution in [2.75, 3.05) is 64.2 Å². The summed E-state index contributed by atoms with van der Waals surface area (Å²) in [6.45, 7) is 6.65. The zero-order chi connectivity index (χ0) is 21.9. The van der Waals surface area contributed by atoms with Gasteiger partial charge in [0.1, 0.15) is 5.82 Å². The van der Waals surface area contributed by atoms with Crippen LogP contribution in [0.3, 0.4) is 0 Å². The number of ether oxygens (including phenoxy) is 3. The van der Waals surface area contributed by atoms with E-state index in [4.69, 9.17) is 25.8 Å². The van der Waals surface area contributed by atoms with E-state index in [-0.39, 0.29) is 24.4 Å². The third-order valence-electron chi connectivity index (χ3n) is 5.81. The summed E-state index contributed by atoms with van der Waals surface area (Å²) in [5.74, 6) is 2.50. The standard InChI is InChI=1S/C21H25ClN6O4/c22-20-23-18(24-21(25-20)28-7-9-30-10-8-28)12-19(29)27-5-3-26(4-6-27)13-15-1-2-16-17(11-15)32-14-31-16/h1-2,11H,3-10,12-14H2. The van der Waals surface area contributed by atoms with E-state index < -0.39 is 0 Å². The zero-order valence-corrected chi connectivity index (χ0v) is 18.5. The summed E-state index contributed by atoms with van der Waals surface area (Å²) in [7, 11) is 0. The minimum atomic E-state index is 0.00271. The van der Waals surface area contributed by atoms with Crippen molar-refractivity contribution in [3.05, 3.63) is 34.9 Å². The summed E-state index contributed by atoms with van der Waals surface area (Å²) in [4.78, 5) is 31.9. The van der Waals surface area contributed by atoms with Crippen LogP contribution in [-0.4, -0.2) is 89.9 Å². The van der Waals surface area contributed by atoms with E-state index in [2.05, 4.69) is 25.9 Å². The number of hydrogen-bond donors (Lipinski definition) is 0. The number of nitrogens with zero attached hydrogens (tertiary/aromatic N) is 6. The highest BCUT2D eigenvalue weighted by atomic mass is 35.5. The first-order valence-corrected chi connectivity index (χ1v) is 11.1. The SMILES string of the molecule is O=C(Cc1nc(Cl)nc(N2CCOCC2)n1)N1CCN(Cc2ccc3c(c2)OCO3)CC1. The van der Waals surface area contributed by atoms with Gasteiger partial charge in [-0.2, -0.15) is 9.97 Å². The molecule has 0 unspecified atom stereocenters. The number of carbonyl (C=O) groups excluding carboxylic acids is 1. The van der Waals surface area contributed by atoms with Crippen LogP contribution in [0.2, 0.25) is 5.28 Å². The van der Waals surface area contributed by atoms with Crippen molar-refractivity contribution in [1.29, 1.82) is 0 Å². The van der Waals surface area contributed by atoms with Crippen molar-refractivity contribution >= 4 is 23.5 Å². The maximum atomic E-state index is 12.9. The Morgan fingerprint density at radius 3 is 2.56 bits per heavy atom. The van der Waals surface area contributed by atoms with Crippen molar-refractivity contribution in [3.63, 3.8) is 0 Å². The molecule has 2 aromatic rings. The molecule has 0 saturated carbocycles. The highest BCUT2D eigenvalue weighted by Crippen LogP contribution is 2.32. The van der Waals surface area contributed by atoms with Gasteiger partial charge in [0, 0.05) is 45.8 Å². The highest BCUT2D eigenvalue weighted by molar-refractivity contribution is 6.28. The van der Waals surface area contributed by atoms with Gasteiger partial charge in [-0.3, -0.25) is 9.69 Å². The predicted molar refractivity (Wildman–Crippen MR) is 116 cm³/mol. The lowest BCUT2D eigenvalue weighted by Gasteiger charge is -2.34. The number of morpholine rings is 1. The summed E-state index contributed by atoms with van der Waals surface area (Å²) in [6, 6.07) is 6.03. The van der Waals surface area contributed by atoms with E-state index in [0.717, 1.165) is 31.1 Å². The molecule has 2 saturated heterocycles. The first-order valence-electron chi connectivity index (χ1n) is 10.8. The monoisotopic (exact) mass is 460 g/mol. The van der Waals surface area contributed by atoms with Crippen molar-refractivity contribution in [2.45, 2.75) is 13.0 Å². The Kier molecular flexibility index (Phi) is 6.24. The Balaban J connectivity index is 1.15. The molecule has 0 N–H and O–H groups in total. The van der Waals surface area contributed by atoms with Gasteiger partial charge in [0.15, 0.2) is 11.5 Å². The number of carbonyl (C=O) groups is 1. The average molecular weight is 461 g/mol. The van der Waals surface area contributed by atoms with E-state index in [1.807, 2.05) is 21.9 Å². The molecule has 3 aliphatic rings. The second-order valence-corrected chi connectivity index (χ2v) is 8.28. The zero-order valence-electron chi connectivity index (χ0n) is 17.7. The van der Waals surface area contributed by atoms with Gasteiger partial charge in [0.25, 0.3) is 0 Å². The molecule has 0 atom stereocenters. The number of aromatic nitrogens is 3. The van der Waals surface area contributed by atoms with Gasteiger partial charge >= 0.3 is 0 Å². The van der Waals surface area contributed by atoms with E-state index >= 15 is 0 Å². The lowest BCUT2D eigenvalue weighted by Crippen LogP contribution is -2.48. The Labute approximate surface area is 191 Å². The van der Waals surface area contributed by atoms with Crippen LogP contribution in [0.1, 0.15) is 11.4 Å². The summed E-state index contributed by atoms with van der Waals surface area (Å²) in [6.07, 6.45) is 0.113. The van der Waals surface area contributed by atoms with Gasteiger partial charge in [-0.15, -0.1) is 0 Å². The normalized spacial score (nSPS) is 18.8. The molecule has 0 aliphatic carbocycles. The van der Waals surface area contributed by atoms with Crippen LogP contribution >= 0.6 is 11.6 Å². The third kappa shape index (κ3) is 4.87. The van der Waals surface area contributed by atoms with Crippen LogP contribution in [0.15, 0.2) is 18.2 Å². The Morgan fingerprint density at radius 1 is 0.969 bits per heavy atom. The molecule has 0 spiro atoms. The van der Waals surface area contributed by atoms with E-state index in [9.17, 15) is 4.79 Å². The molecule has 10 nitrogen and oxygen atoms in total. The summed E-state index contributed by atoms with van der Waals surface area (Å²) < 4.78 is 16.2. The maximum Gasteiger partial charge on any atom is 0.231 e. The molecular weight excluding hydrogens is 436 g/mol. The van der Waals surface area contributed by atoms with Gasteiger partial charge in [-0.05, 0) is 29.3 Å². The fourth-order valence-electron chi connectivity index (χ4n) is 4.06. The molecular formula is C21H25ClN6O4. The fourth-order valence-corrected chi connectivity index (χ4v) is 4.24. The van der Waals surface area contributed by atoms with E-state index in [1.165, 1.54) is 5.56 Å². The topological polar surface area (TPSA) is 93.2 Å². The van der Waals surface area contributed by atoms with Gasteiger partial charge in [0.05, 0.1) is 19.6 Å². The second kappa shape index (κ2) is 9.43. The first-order chi connectivity index (χ1) is 15.6. The van der Waals surface area contributed by atoms with Crippen LogP contribution in [0.5, 0.6) is 11.5 Å². The molecule has 2 fully saturated rings. The molecule has 0 radical (unpaired) electrons. The van der Waals surface area contributed by atoms with E-state index in [1.54, 1.807) is 0 Å². The molecule has 32 heavy (non-hydrogen) atoms. The lowest BCUT2D eigenvalue weighted by atomic mass is 10.1. The molecule has 11 heteroatoms. The number of piperazine rings is 1. The summed E-state index contributed by atoms with van der Waals surface area (Å²) in [5, 5.41) is 0.109. The number of halogens is 1. The van der Waals surface area contributed by atoms with Gasteiger partial charge in [-0.1, -0.05) is 6.07 Å². The van der Waals surface area contributed by atoms with Crippen molar-refractivity contribution in [3.8, 4) is 11.5 Å². The van der Waals surface area contributed by atoms with Crippen LogP contribution in [0, 0.1) is 0 Å². The second-order valence-electron chi connectivity index (χ2n) is 7.94. The van der Waals surface area contributed by atoms with Crippen LogP contribution in [-0.2, 0) is 22.5 Å². The van der Waals surface area contributed by atoms with Crippen LogP contribution < -0.4 is 14.4 Å². The van der Waals surface area contributed by atoms with Crippen LogP contribution in [0.4, 0.5) is 5.95 Å². The number of amides is 1. The number of hydrogen-bond acceptors (Lipinski definition) is 9. The minimum Gasteiger partial charge on any atom is -0.454 e.